The molecule has 4 N–H and O–H groups in total. The predicted molar refractivity (Wildman–Crippen MR) is 83.7 cm³/mol. The van der Waals surface area contributed by atoms with Gasteiger partial charge in [0.05, 0.1) is 0 Å². The average Bonchev–Trinajstić information content (AvgIpc) is 2.52. The summed E-state index contributed by atoms with van der Waals surface area (Å²) in [5, 5.41) is 11.8. The molecule has 2 unspecified atom stereocenters. The first-order chi connectivity index (χ1) is 10.9. The molecular weight excluding hydrogens is 298 g/mol. The van der Waals surface area contributed by atoms with E-state index in [0.717, 1.165) is 12.0 Å². The Balaban J connectivity index is 2.09. The maximum absolute atomic E-state index is 12.6. The Hall–Kier alpha value is -2.57. The number of hydrogen-bond donors (Lipinski definition) is 3. The van der Waals surface area contributed by atoms with Crippen LogP contribution in [0.25, 0.3) is 0 Å². The van der Waals surface area contributed by atoms with Crippen molar-refractivity contribution in [3.8, 4) is 0 Å². The third-order valence-corrected chi connectivity index (χ3v) is 4.08. The van der Waals surface area contributed by atoms with Crippen molar-refractivity contribution in [1.82, 2.24) is 10.2 Å². The van der Waals surface area contributed by atoms with Crippen LogP contribution >= 0.6 is 0 Å². The minimum atomic E-state index is -0.966. The van der Waals surface area contributed by atoms with E-state index in [1.807, 2.05) is 6.92 Å². The number of primary amides is 1. The summed E-state index contributed by atoms with van der Waals surface area (Å²) in [5.41, 5.74) is 6.25. The van der Waals surface area contributed by atoms with Crippen LogP contribution in [0, 0.1) is 5.92 Å². The highest BCUT2D eigenvalue weighted by molar-refractivity contribution is 5.96. The highest BCUT2D eigenvalue weighted by Gasteiger charge is 2.35. The highest BCUT2D eigenvalue weighted by atomic mass is 16.4. The molecule has 0 bridgehead atoms. The molecule has 2 rings (SSSR count). The van der Waals surface area contributed by atoms with Gasteiger partial charge < -0.3 is 21.1 Å². The van der Waals surface area contributed by atoms with Crippen LogP contribution in [0.15, 0.2) is 24.3 Å². The Labute approximate surface area is 134 Å². The number of benzene rings is 1. The second-order valence-electron chi connectivity index (χ2n) is 5.90. The fourth-order valence-corrected chi connectivity index (χ4v) is 2.74. The summed E-state index contributed by atoms with van der Waals surface area (Å²) < 4.78 is 0. The zero-order valence-electron chi connectivity index (χ0n) is 13.0. The zero-order valence-corrected chi connectivity index (χ0v) is 13.0. The molecule has 1 fully saturated rings. The van der Waals surface area contributed by atoms with Gasteiger partial charge in [0.25, 0.3) is 5.91 Å². The molecule has 1 aromatic carbocycles. The van der Waals surface area contributed by atoms with E-state index in [-0.39, 0.29) is 12.5 Å². The molecule has 1 aliphatic heterocycles. The number of hydrogen-bond acceptors (Lipinski definition) is 3. The summed E-state index contributed by atoms with van der Waals surface area (Å²) in [6, 6.07) is 5.31. The molecule has 1 aliphatic rings. The number of aliphatic carboxylic acids is 1. The van der Waals surface area contributed by atoms with Gasteiger partial charge in [-0.15, -0.1) is 0 Å². The number of nitrogens with one attached hydrogen (secondary N) is 1. The smallest absolute Gasteiger partial charge is 0.326 e. The van der Waals surface area contributed by atoms with Gasteiger partial charge in [-0.05, 0) is 36.5 Å². The van der Waals surface area contributed by atoms with Crippen LogP contribution in [-0.2, 0) is 11.3 Å². The van der Waals surface area contributed by atoms with Crippen molar-refractivity contribution in [2.45, 2.75) is 32.4 Å². The van der Waals surface area contributed by atoms with Gasteiger partial charge in [-0.3, -0.25) is 4.79 Å². The van der Waals surface area contributed by atoms with Crippen LogP contribution in [0.2, 0.25) is 0 Å². The van der Waals surface area contributed by atoms with Gasteiger partial charge in [0.15, 0.2) is 0 Å². The maximum Gasteiger partial charge on any atom is 0.326 e. The summed E-state index contributed by atoms with van der Waals surface area (Å²) in [6.45, 7) is 2.73. The SMILES string of the molecule is CC1CCN(C(=O)c2ccc(CNC(N)=O)cc2)C(C(=O)O)C1. The van der Waals surface area contributed by atoms with Crippen molar-refractivity contribution in [3.63, 3.8) is 0 Å². The number of rotatable bonds is 4. The molecule has 0 spiro atoms. The highest BCUT2D eigenvalue weighted by Crippen LogP contribution is 2.24. The molecule has 23 heavy (non-hydrogen) atoms. The van der Waals surface area contributed by atoms with Gasteiger partial charge in [0, 0.05) is 18.7 Å². The van der Waals surface area contributed by atoms with Gasteiger partial charge in [-0.25, -0.2) is 9.59 Å². The van der Waals surface area contributed by atoms with Gasteiger partial charge in [0.2, 0.25) is 0 Å². The first-order valence-electron chi connectivity index (χ1n) is 7.54. The van der Waals surface area contributed by atoms with Gasteiger partial charge >= 0.3 is 12.0 Å². The summed E-state index contributed by atoms with van der Waals surface area (Å²) in [6.07, 6.45) is 1.28. The Morgan fingerprint density at radius 2 is 1.96 bits per heavy atom. The topological polar surface area (TPSA) is 113 Å². The van der Waals surface area contributed by atoms with Crippen molar-refractivity contribution in [2.24, 2.45) is 11.7 Å². The maximum atomic E-state index is 12.6. The number of carboxylic acid groups (broad SMARTS) is 1. The molecule has 0 radical (unpaired) electrons. The number of carboxylic acids is 1. The minimum absolute atomic E-state index is 0.279. The van der Waals surface area contributed by atoms with E-state index in [1.165, 1.54) is 4.90 Å². The van der Waals surface area contributed by atoms with E-state index in [9.17, 15) is 19.5 Å². The molecule has 1 saturated heterocycles. The Kier molecular flexibility index (Phi) is 5.20. The number of carbonyl (C=O) groups is 3. The number of urea groups is 1. The standard InChI is InChI=1S/C16H21N3O4/c1-10-6-7-19(13(8-10)15(21)22)14(20)12-4-2-11(3-5-12)9-18-16(17)23/h2-5,10,13H,6-9H2,1H3,(H,21,22)(H3,17,18,23). The largest absolute Gasteiger partial charge is 0.480 e. The van der Waals surface area contributed by atoms with Crippen LogP contribution in [0.1, 0.15) is 35.7 Å². The molecule has 124 valence electrons. The summed E-state index contributed by atoms with van der Waals surface area (Å²) >= 11 is 0. The van der Waals surface area contributed by atoms with E-state index >= 15 is 0 Å². The number of nitrogens with zero attached hydrogens (tertiary/aromatic N) is 1. The molecule has 1 heterocycles. The summed E-state index contributed by atoms with van der Waals surface area (Å²) in [4.78, 5) is 36.1. The van der Waals surface area contributed by atoms with E-state index in [0.29, 0.717) is 24.4 Å². The second kappa shape index (κ2) is 7.13. The summed E-state index contributed by atoms with van der Waals surface area (Å²) in [5.74, 6) is -0.951. The molecule has 0 aliphatic carbocycles. The van der Waals surface area contributed by atoms with Crippen LogP contribution in [0.4, 0.5) is 4.79 Å². The lowest BCUT2D eigenvalue weighted by molar-refractivity contribution is -0.144. The van der Waals surface area contributed by atoms with Gasteiger partial charge in [-0.1, -0.05) is 19.1 Å². The van der Waals surface area contributed by atoms with Gasteiger partial charge in [-0.2, -0.15) is 0 Å². The molecule has 7 nitrogen and oxygen atoms in total. The predicted octanol–water partition coefficient (Wildman–Crippen LogP) is 1.18. The number of carbonyl (C=O) groups excluding carboxylic acids is 2. The monoisotopic (exact) mass is 319 g/mol. The van der Waals surface area contributed by atoms with Crippen molar-refractivity contribution in [1.29, 1.82) is 0 Å². The normalized spacial score (nSPS) is 20.8. The fourth-order valence-electron chi connectivity index (χ4n) is 2.74. The van der Waals surface area contributed by atoms with Crippen molar-refractivity contribution in [2.75, 3.05) is 6.54 Å². The first kappa shape index (κ1) is 16.8. The quantitative estimate of drug-likeness (QED) is 0.773. The van der Waals surface area contributed by atoms with E-state index < -0.39 is 18.0 Å². The zero-order chi connectivity index (χ0) is 17.0. The number of nitrogens with two attached hydrogens (primary N) is 1. The average molecular weight is 319 g/mol. The number of amides is 3. The van der Waals surface area contributed by atoms with Crippen molar-refractivity contribution in [3.05, 3.63) is 35.4 Å². The van der Waals surface area contributed by atoms with Crippen LogP contribution < -0.4 is 11.1 Å². The molecular formula is C16H21N3O4. The Bertz CT molecular complexity index is 600. The third kappa shape index (κ3) is 4.21. The van der Waals surface area contributed by atoms with Gasteiger partial charge in [0.1, 0.15) is 6.04 Å². The summed E-state index contributed by atoms with van der Waals surface area (Å²) in [7, 11) is 0. The first-order valence-corrected chi connectivity index (χ1v) is 7.54. The van der Waals surface area contributed by atoms with E-state index in [4.69, 9.17) is 5.73 Å². The molecule has 1 aromatic rings. The van der Waals surface area contributed by atoms with Crippen LogP contribution in [0.3, 0.4) is 0 Å². The molecule has 2 atom stereocenters. The molecule has 7 heteroatoms. The Morgan fingerprint density at radius 1 is 1.30 bits per heavy atom. The number of likely N-dealkylation sites (tertiary alicyclic amines) is 1. The van der Waals surface area contributed by atoms with Crippen LogP contribution in [-0.4, -0.2) is 40.5 Å². The molecule has 0 saturated carbocycles. The lowest BCUT2D eigenvalue weighted by Gasteiger charge is -2.36. The molecule has 0 aromatic heterocycles. The van der Waals surface area contributed by atoms with E-state index in [1.54, 1.807) is 24.3 Å². The fraction of sp³-hybridized carbons (Fsp3) is 0.438. The lowest BCUT2D eigenvalue weighted by Crippen LogP contribution is -2.49. The number of piperidine rings is 1. The Morgan fingerprint density at radius 3 is 2.52 bits per heavy atom. The minimum Gasteiger partial charge on any atom is -0.480 e. The third-order valence-electron chi connectivity index (χ3n) is 4.08. The molecule has 3 amide bonds. The van der Waals surface area contributed by atoms with Crippen molar-refractivity contribution < 1.29 is 19.5 Å². The lowest BCUT2D eigenvalue weighted by atomic mass is 9.92. The van der Waals surface area contributed by atoms with E-state index in [2.05, 4.69) is 5.32 Å². The second-order valence-corrected chi connectivity index (χ2v) is 5.90. The van der Waals surface area contributed by atoms with Crippen LogP contribution in [0.5, 0.6) is 0 Å². The van der Waals surface area contributed by atoms with Crippen molar-refractivity contribution >= 4 is 17.9 Å².